The van der Waals surface area contributed by atoms with Crippen molar-refractivity contribution in [3.63, 3.8) is 0 Å². The molecule has 0 saturated heterocycles. The number of nitrogens with zero attached hydrogens (tertiary/aromatic N) is 1. The Hall–Kier alpha value is -0.433. The van der Waals surface area contributed by atoms with Gasteiger partial charge in [0.2, 0.25) is 6.05 Å². The fourth-order valence-electron chi connectivity index (χ4n) is 1.99. The van der Waals surface area contributed by atoms with Crippen LogP contribution in [0.15, 0.2) is 0 Å². The summed E-state index contributed by atoms with van der Waals surface area (Å²) in [5.74, 6) is -5.31. The van der Waals surface area contributed by atoms with E-state index in [1.165, 1.54) is 0 Å². The van der Waals surface area contributed by atoms with Gasteiger partial charge >= 0.3 is 15.0 Å². The van der Waals surface area contributed by atoms with Crippen LogP contribution in [0.25, 0.3) is 5.32 Å². The molecule has 12 heteroatoms. The summed E-state index contributed by atoms with van der Waals surface area (Å²) in [5.41, 5.74) is 0. The van der Waals surface area contributed by atoms with Crippen LogP contribution in [0, 0.1) is 0 Å². The highest BCUT2D eigenvalue weighted by molar-refractivity contribution is 6.60. The van der Waals surface area contributed by atoms with E-state index in [0.29, 0.717) is 0 Å². The molecular formula is C13H23F7NO3Si-. The first kappa shape index (κ1) is 24.6. The molecule has 152 valence electrons. The zero-order valence-electron chi connectivity index (χ0n) is 14.3. The summed E-state index contributed by atoms with van der Waals surface area (Å²) in [4.78, 5) is 0. The molecule has 0 amide bonds. The van der Waals surface area contributed by atoms with Gasteiger partial charge in [0.25, 0.3) is 5.92 Å². The molecule has 0 radical (unpaired) electrons. The summed E-state index contributed by atoms with van der Waals surface area (Å²) in [5, 5.41) is 2.47. The monoisotopic (exact) mass is 402 g/mol. The molecule has 0 rings (SSSR count). The van der Waals surface area contributed by atoms with Gasteiger partial charge in [-0.1, -0.05) is 6.42 Å². The summed E-state index contributed by atoms with van der Waals surface area (Å²) < 4.78 is 105. The molecule has 0 aliphatic rings. The van der Waals surface area contributed by atoms with Gasteiger partial charge in [-0.15, -0.1) is 6.54 Å². The van der Waals surface area contributed by atoms with E-state index in [1.54, 1.807) is 20.8 Å². The topological polar surface area (TPSA) is 41.8 Å². The van der Waals surface area contributed by atoms with Crippen molar-refractivity contribution in [3.8, 4) is 0 Å². The van der Waals surface area contributed by atoms with Crippen LogP contribution < -0.4 is 0 Å². The minimum Gasteiger partial charge on any atom is -0.595 e. The first-order chi connectivity index (χ1) is 11.3. The number of rotatable bonds is 13. The van der Waals surface area contributed by atoms with Gasteiger partial charge in [-0.3, -0.25) is 0 Å². The smallest absolute Gasteiger partial charge is 0.500 e. The van der Waals surface area contributed by atoms with Crippen molar-refractivity contribution < 1.29 is 44.0 Å². The average molecular weight is 402 g/mol. The lowest BCUT2D eigenvalue weighted by atomic mass is 10.2. The standard InChI is InChI=1S/C13H23F7NO3Si/c1-4-22-25(23-5-2,24-6-3)9-7-8-21-13(19,20)11(14,15)10-12(16,17)18/h4-10H2,1-3H3/q-1. The summed E-state index contributed by atoms with van der Waals surface area (Å²) >= 11 is 0. The highest BCUT2D eigenvalue weighted by Gasteiger charge is 2.55. The largest absolute Gasteiger partial charge is 0.595 e. The summed E-state index contributed by atoms with van der Waals surface area (Å²) in [6.07, 6.45) is -8.51. The normalized spacial score (nSPS) is 14.2. The summed E-state index contributed by atoms with van der Waals surface area (Å²) in [7, 11) is -3.15. The Balaban J connectivity index is 4.69. The van der Waals surface area contributed by atoms with E-state index >= 15 is 0 Å². The SMILES string of the molecule is CCO[Si](CCC[N-]C(F)(F)C(F)(F)CC(F)(F)F)(OCC)OCC. The van der Waals surface area contributed by atoms with Crippen LogP contribution in [0.3, 0.4) is 0 Å². The molecule has 0 atom stereocenters. The maximum atomic E-state index is 13.3. The molecule has 0 fully saturated rings. The minimum atomic E-state index is -5.43. The third kappa shape index (κ3) is 8.67. The molecule has 0 bridgehead atoms. The minimum absolute atomic E-state index is 0.0347. The van der Waals surface area contributed by atoms with Crippen LogP contribution in [0.5, 0.6) is 0 Å². The van der Waals surface area contributed by atoms with Gasteiger partial charge in [0, 0.05) is 25.9 Å². The van der Waals surface area contributed by atoms with Gasteiger partial charge < -0.3 is 18.6 Å². The third-order valence-corrected chi connectivity index (χ3v) is 6.06. The Morgan fingerprint density at radius 2 is 1.24 bits per heavy atom. The van der Waals surface area contributed by atoms with E-state index < -0.39 is 39.9 Å². The van der Waals surface area contributed by atoms with Gasteiger partial charge in [-0.25, -0.2) is 17.6 Å². The molecule has 0 aromatic rings. The van der Waals surface area contributed by atoms with Crippen LogP contribution in [-0.2, 0) is 13.3 Å². The molecular weight excluding hydrogens is 379 g/mol. The van der Waals surface area contributed by atoms with E-state index in [0.717, 1.165) is 0 Å². The summed E-state index contributed by atoms with van der Waals surface area (Å²) in [6.45, 7) is 4.97. The van der Waals surface area contributed by atoms with Gasteiger partial charge in [0.05, 0.1) is 0 Å². The quantitative estimate of drug-likeness (QED) is 0.189. The molecule has 0 aromatic carbocycles. The molecule has 4 nitrogen and oxygen atoms in total. The molecule has 0 aliphatic heterocycles. The predicted molar refractivity (Wildman–Crippen MR) is 78.8 cm³/mol. The van der Waals surface area contributed by atoms with Crippen molar-refractivity contribution >= 4 is 8.80 Å². The van der Waals surface area contributed by atoms with Crippen molar-refractivity contribution in [2.24, 2.45) is 0 Å². The van der Waals surface area contributed by atoms with Crippen LogP contribution >= 0.6 is 0 Å². The van der Waals surface area contributed by atoms with Crippen LogP contribution in [0.2, 0.25) is 6.04 Å². The molecule has 0 spiro atoms. The van der Waals surface area contributed by atoms with E-state index in [2.05, 4.69) is 5.32 Å². The molecule has 0 aromatic heterocycles. The molecule has 25 heavy (non-hydrogen) atoms. The average Bonchev–Trinajstić information content (AvgIpc) is 2.42. The number of hydrogen-bond donors (Lipinski definition) is 0. The van der Waals surface area contributed by atoms with Crippen molar-refractivity contribution in [3.05, 3.63) is 5.32 Å². The van der Waals surface area contributed by atoms with Crippen molar-refractivity contribution in [1.82, 2.24) is 0 Å². The second-order valence-corrected chi connectivity index (χ2v) is 7.74. The highest BCUT2D eigenvalue weighted by atomic mass is 28.4. The Kier molecular flexibility index (Phi) is 9.87. The maximum Gasteiger partial charge on any atom is 0.500 e. The maximum absolute atomic E-state index is 13.3. The van der Waals surface area contributed by atoms with Crippen LogP contribution in [0.4, 0.5) is 30.7 Å². The molecule has 0 aliphatic carbocycles. The Bertz CT molecular complexity index is 366. The van der Waals surface area contributed by atoms with Gasteiger partial charge in [-0.05, 0) is 20.8 Å². The molecule has 0 saturated carbocycles. The van der Waals surface area contributed by atoms with Crippen molar-refractivity contribution in [1.29, 1.82) is 0 Å². The number of halogens is 7. The Morgan fingerprint density at radius 1 is 0.800 bits per heavy atom. The summed E-state index contributed by atoms with van der Waals surface area (Å²) in [6, 6.07) is -5.08. The van der Waals surface area contributed by atoms with Crippen molar-refractivity contribution in [2.75, 3.05) is 26.4 Å². The van der Waals surface area contributed by atoms with E-state index in [9.17, 15) is 30.7 Å². The van der Waals surface area contributed by atoms with E-state index in [4.69, 9.17) is 13.3 Å². The fraction of sp³-hybridized carbons (Fsp3) is 1.00. The first-order valence-corrected chi connectivity index (χ1v) is 9.70. The first-order valence-electron chi connectivity index (χ1n) is 7.77. The van der Waals surface area contributed by atoms with Crippen molar-refractivity contribution in [2.45, 2.75) is 57.8 Å². The van der Waals surface area contributed by atoms with Gasteiger partial charge in [-0.2, -0.15) is 13.2 Å². The number of alkyl halides is 7. The molecule has 0 heterocycles. The molecule has 0 unspecified atom stereocenters. The second kappa shape index (κ2) is 10.0. The fourth-order valence-corrected chi connectivity index (χ4v) is 4.58. The predicted octanol–water partition coefficient (Wildman–Crippen LogP) is 4.98. The lowest BCUT2D eigenvalue weighted by Gasteiger charge is -2.38. The van der Waals surface area contributed by atoms with E-state index in [-0.39, 0.29) is 32.3 Å². The third-order valence-electron chi connectivity index (χ3n) is 2.91. The van der Waals surface area contributed by atoms with Crippen LogP contribution in [-0.4, -0.2) is 53.3 Å². The van der Waals surface area contributed by atoms with Crippen LogP contribution in [0.1, 0.15) is 33.6 Å². The zero-order chi connectivity index (χ0) is 19.8. The lowest BCUT2D eigenvalue weighted by molar-refractivity contribution is -0.250. The van der Waals surface area contributed by atoms with E-state index in [1.807, 2.05) is 0 Å². The number of hydrogen-bond acceptors (Lipinski definition) is 3. The van der Waals surface area contributed by atoms with Gasteiger partial charge in [0.15, 0.2) is 0 Å². The second-order valence-electron chi connectivity index (χ2n) is 5.00. The zero-order valence-corrected chi connectivity index (χ0v) is 15.3. The Morgan fingerprint density at radius 3 is 1.60 bits per heavy atom. The molecule has 0 N–H and O–H groups in total. The Labute approximate surface area is 143 Å². The van der Waals surface area contributed by atoms with Gasteiger partial charge in [0.1, 0.15) is 6.42 Å². The highest BCUT2D eigenvalue weighted by Crippen LogP contribution is 2.45. The lowest BCUT2D eigenvalue weighted by Crippen LogP contribution is -2.46.